The minimum Gasteiger partial charge on any atom is -0.218 e. The van der Waals surface area contributed by atoms with Gasteiger partial charge in [-0.15, -0.1) is 0 Å². The lowest BCUT2D eigenvalue weighted by Crippen LogP contribution is -2.04. The van der Waals surface area contributed by atoms with Crippen molar-refractivity contribution in [1.29, 1.82) is 0 Å². The third kappa shape index (κ3) is 3.32. The minimum atomic E-state index is -3.74. The van der Waals surface area contributed by atoms with E-state index < -0.39 is 9.84 Å². The van der Waals surface area contributed by atoms with Crippen molar-refractivity contribution in [3.05, 3.63) is 54.3 Å². The number of rotatable bonds is 2. The molecule has 0 N–H and O–H groups in total. The number of hydrogen-bond acceptors (Lipinski definition) is 2. The lowest BCUT2D eigenvalue weighted by molar-refractivity contribution is 0.594. The molecule has 96 valence electrons. The fraction of sp³-hybridized carbons (Fsp3) is 0. The number of benzene rings is 2. The maximum absolute atomic E-state index is 12.5. The number of hydrogen-bond donors (Lipinski definition) is 0. The Kier molecular flexibility index (Phi) is 4.93. The third-order valence-corrected chi connectivity index (χ3v) is 6.34. The lowest BCUT2D eigenvalue weighted by atomic mass is 10.4. The summed E-state index contributed by atoms with van der Waals surface area (Å²) >= 11 is 12.8. The van der Waals surface area contributed by atoms with Crippen LogP contribution in [-0.4, -0.2) is 8.42 Å². The zero-order valence-electron chi connectivity index (χ0n) is 8.89. The van der Waals surface area contributed by atoms with Gasteiger partial charge in [-0.3, -0.25) is 0 Å². The van der Waals surface area contributed by atoms with Crippen LogP contribution in [0.25, 0.3) is 0 Å². The van der Waals surface area contributed by atoms with E-state index >= 15 is 0 Å². The van der Waals surface area contributed by atoms with Crippen molar-refractivity contribution in [3.63, 3.8) is 0 Å². The molecule has 0 bridgehead atoms. The quantitative estimate of drug-likeness (QED) is 0.562. The molecular weight excluding hydrogens is 528 g/mol. The van der Waals surface area contributed by atoms with Crippen molar-refractivity contribution >= 4 is 73.6 Å². The molecule has 2 rings (SSSR count). The number of sulfone groups is 1. The summed E-state index contributed by atoms with van der Waals surface area (Å²) in [4.78, 5) is 0.00625. The van der Waals surface area contributed by atoms with Crippen molar-refractivity contribution in [2.24, 2.45) is 0 Å². The second-order valence-corrected chi connectivity index (χ2v) is 8.43. The maximum atomic E-state index is 12.5. The third-order valence-electron chi connectivity index (χ3n) is 2.05. The first-order chi connectivity index (χ1) is 8.82. The van der Waals surface area contributed by atoms with Gasteiger partial charge in [-0.25, -0.2) is 8.42 Å². The van der Waals surface area contributed by atoms with Crippen LogP contribution in [0.2, 0.25) is 0 Å². The van der Waals surface area contributed by atoms with E-state index in [0.717, 1.165) is 0 Å². The summed E-state index contributed by atoms with van der Waals surface area (Å²) < 4.78 is 26.9. The van der Waals surface area contributed by atoms with Gasteiger partial charge < -0.3 is 0 Å². The topological polar surface area (TPSA) is 34.1 Å². The molecule has 0 aliphatic carbocycles. The highest BCUT2D eigenvalue weighted by Gasteiger charge is 2.24. The Hall–Kier alpha value is 0.310. The van der Waals surface area contributed by atoms with E-state index in [1.165, 1.54) is 12.1 Å². The van der Waals surface area contributed by atoms with Gasteiger partial charge in [0.15, 0.2) is 0 Å². The smallest absolute Gasteiger partial charge is 0.210 e. The molecule has 0 unspecified atom stereocenters. The predicted molar refractivity (Wildman–Crippen MR) is 84.5 cm³/mol. The first-order valence-corrected chi connectivity index (χ1v) is 9.31. The van der Waals surface area contributed by atoms with E-state index in [0.29, 0.717) is 17.9 Å². The van der Waals surface area contributed by atoms with Crippen molar-refractivity contribution in [3.8, 4) is 0 Å². The highest BCUT2D eigenvalue weighted by molar-refractivity contribution is 9.11. The SMILES string of the molecule is O=S(=O)(c1[c]cc(Br)[c]c1Br)c1[c]cc(Br)[c]c1Br. The first kappa shape index (κ1) is 15.7. The molecule has 0 heterocycles. The Morgan fingerprint density at radius 2 is 1.16 bits per heavy atom. The maximum Gasteiger partial charge on any atom is 0.210 e. The molecule has 7 heteroatoms. The average Bonchev–Trinajstić information content (AvgIpc) is 2.27. The summed E-state index contributed by atoms with van der Waals surface area (Å²) in [5.74, 6) is 0. The largest absolute Gasteiger partial charge is 0.218 e. The Morgan fingerprint density at radius 3 is 1.47 bits per heavy atom. The van der Waals surface area contributed by atoms with E-state index in [1.54, 1.807) is 0 Å². The van der Waals surface area contributed by atoms with Crippen LogP contribution in [0, 0.1) is 24.3 Å². The van der Waals surface area contributed by atoms with Crippen LogP contribution in [0.4, 0.5) is 0 Å². The number of halogens is 4. The molecule has 4 radical (unpaired) electrons. The molecule has 2 aromatic rings. The van der Waals surface area contributed by atoms with Crippen LogP contribution in [0.3, 0.4) is 0 Å². The Balaban J connectivity index is 2.65. The van der Waals surface area contributed by atoms with Gasteiger partial charge in [-0.05, 0) is 44.0 Å². The summed E-state index contributed by atoms with van der Waals surface area (Å²) in [6.45, 7) is 0. The van der Waals surface area contributed by atoms with E-state index in [-0.39, 0.29) is 9.79 Å². The van der Waals surface area contributed by atoms with Crippen LogP contribution in [-0.2, 0) is 9.84 Å². The van der Waals surface area contributed by atoms with Gasteiger partial charge in [-0.2, -0.15) is 0 Å². The first-order valence-electron chi connectivity index (χ1n) is 4.65. The van der Waals surface area contributed by atoms with Gasteiger partial charge >= 0.3 is 0 Å². The molecule has 0 saturated carbocycles. The Bertz CT molecular complexity index is 684. The van der Waals surface area contributed by atoms with Crippen molar-refractivity contribution in [2.75, 3.05) is 0 Å². The van der Waals surface area contributed by atoms with Crippen LogP contribution in [0.15, 0.2) is 39.8 Å². The average molecular weight is 530 g/mol. The second kappa shape index (κ2) is 5.97. The lowest BCUT2D eigenvalue weighted by Gasteiger charge is -2.08. The molecule has 19 heavy (non-hydrogen) atoms. The summed E-state index contributed by atoms with van der Waals surface area (Å²) in [5, 5.41) is 0. The van der Waals surface area contributed by atoms with E-state index in [4.69, 9.17) is 0 Å². The van der Waals surface area contributed by atoms with Gasteiger partial charge in [0, 0.05) is 42.2 Å². The van der Waals surface area contributed by atoms with Crippen LogP contribution in [0.5, 0.6) is 0 Å². The Morgan fingerprint density at radius 1 is 0.789 bits per heavy atom. The Labute approximate surface area is 145 Å². The van der Waals surface area contributed by atoms with Crippen LogP contribution >= 0.6 is 63.7 Å². The van der Waals surface area contributed by atoms with E-state index in [9.17, 15) is 8.42 Å². The highest BCUT2D eigenvalue weighted by Crippen LogP contribution is 2.33. The van der Waals surface area contributed by atoms with Gasteiger partial charge in [-0.1, -0.05) is 31.9 Å². The normalized spacial score (nSPS) is 11.6. The van der Waals surface area contributed by atoms with Crippen molar-refractivity contribution in [2.45, 2.75) is 9.79 Å². The molecule has 0 spiro atoms. The van der Waals surface area contributed by atoms with Gasteiger partial charge in [0.05, 0.1) is 9.79 Å². The van der Waals surface area contributed by atoms with Gasteiger partial charge in [0.1, 0.15) is 0 Å². The fourth-order valence-electron chi connectivity index (χ4n) is 1.27. The molecule has 2 aromatic carbocycles. The van der Waals surface area contributed by atoms with E-state index in [1.807, 2.05) is 0 Å². The van der Waals surface area contributed by atoms with E-state index in [2.05, 4.69) is 88.0 Å². The molecule has 0 aromatic heterocycles. The van der Waals surface area contributed by atoms with Gasteiger partial charge in [0.25, 0.3) is 0 Å². The molecule has 0 fully saturated rings. The van der Waals surface area contributed by atoms with Crippen molar-refractivity contribution in [1.82, 2.24) is 0 Å². The molecule has 0 saturated heterocycles. The second-order valence-electron chi connectivity index (χ2n) is 3.31. The zero-order valence-corrected chi connectivity index (χ0v) is 16.1. The molecule has 0 atom stereocenters. The fourth-order valence-corrected chi connectivity index (χ4v) is 5.57. The van der Waals surface area contributed by atoms with Gasteiger partial charge in [0.2, 0.25) is 9.84 Å². The molecule has 0 aliphatic heterocycles. The van der Waals surface area contributed by atoms with Crippen molar-refractivity contribution < 1.29 is 8.42 Å². The van der Waals surface area contributed by atoms with Crippen LogP contribution < -0.4 is 0 Å². The predicted octanol–water partition coefficient (Wildman–Crippen LogP) is 4.77. The minimum absolute atomic E-state index is 0.00312. The van der Waals surface area contributed by atoms with Crippen LogP contribution in [0.1, 0.15) is 0 Å². The summed E-state index contributed by atoms with van der Waals surface area (Å²) in [7, 11) is -3.74. The molecule has 0 amide bonds. The summed E-state index contributed by atoms with van der Waals surface area (Å²) in [6, 6.07) is 14.0. The standard InChI is InChI=1S/C12H2Br4O2S/c13-7-1-3-11(9(15)5-7)19(17,18)12-4-2-8(14)6-10(12)16/h1-2H. The molecular formula is C12H2Br4O2S. The molecule has 2 nitrogen and oxygen atoms in total. The monoisotopic (exact) mass is 526 g/mol. The summed E-state index contributed by atoms with van der Waals surface area (Å²) in [5.41, 5.74) is 0. The summed E-state index contributed by atoms with van der Waals surface area (Å²) in [6.07, 6.45) is 0. The zero-order chi connectivity index (χ0) is 14.2. The highest BCUT2D eigenvalue weighted by atomic mass is 79.9. The molecule has 0 aliphatic rings.